The van der Waals surface area contributed by atoms with Gasteiger partial charge in [-0.25, -0.2) is 4.98 Å². The summed E-state index contributed by atoms with van der Waals surface area (Å²) in [6, 6.07) is 4.02. The highest BCUT2D eigenvalue weighted by molar-refractivity contribution is 5.48. The smallest absolute Gasteiger partial charge is 0.133 e. The number of pyridine rings is 1. The van der Waals surface area contributed by atoms with Crippen molar-refractivity contribution < 1.29 is 4.74 Å². The molecule has 0 saturated carbocycles. The van der Waals surface area contributed by atoms with Crippen LogP contribution < -0.4 is 10.6 Å². The molecule has 0 spiro atoms. The molecule has 0 aromatic carbocycles. The first kappa shape index (κ1) is 12.3. The van der Waals surface area contributed by atoms with E-state index < -0.39 is 0 Å². The van der Waals surface area contributed by atoms with Crippen LogP contribution in [0.1, 0.15) is 31.9 Å². The summed E-state index contributed by atoms with van der Waals surface area (Å²) < 4.78 is 5.65. The largest absolute Gasteiger partial charge is 0.377 e. The van der Waals surface area contributed by atoms with Gasteiger partial charge in [0.1, 0.15) is 5.82 Å². The first-order valence-electron chi connectivity index (χ1n) is 6.25. The Morgan fingerprint density at radius 1 is 1.59 bits per heavy atom. The van der Waals surface area contributed by atoms with E-state index in [-0.39, 0.29) is 12.1 Å². The van der Waals surface area contributed by atoms with E-state index >= 15 is 0 Å². The predicted octanol–water partition coefficient (Wildman–Crippen LogP) is 1.72. The molecular formula is C13H21N3O. The normalized spacial score (nSPS) is 23.2. The highest BCUT2D eigenvalue weighted by Gasteiger charge is 2.19. The van der Waals surface area contributed by atoms with E-state index in [1.165, 1.54) is 0 Å². The van der Waals surface area contributed by atoms with Crippen molar-refractivity contribution in [2.45, 2.75) is 32.4 Å². The zero-order chi connectivity index (χ0) is 12.3. The van der Waals surface area contributed by atoms with Crippen LogP contribution in [0.5, 0.6) is 0 Å². The number of nitrogens with zero attached hydrogens (tertiary/aromatic N) is 2. The Bertz CT molecular complexity index is 367. The molecule has 1 unspecified atom stereocenters. The molecule has 1 saturated heterocycles. The van der Waals surface area contributed by atoms with Gasteiger partial charge in [-0.1, -0.05) is 6.07 Å². The van der Waals surface area contributed by atoms with Crippen LogP contribution in [0.3, 0.4) is 0 Å². The summed E-state index contributed by atoms with van der Waals surface area (Å²) >= 11 is 0. The number of ether oxygens (including phenoxy) is 1. The maximum atomic E-state index is 6.00. The van der Waals surface area contributed by atoms with Gasteiger partial charge in [0.2, 0.25) is 0 Å². The molecule has 0 bridgehead atoms. The van der Waals surface area contributed by atoms with E-state index in [1.54, 1.807) is 0 Å². The molecule has 4 heteroatoms. The zero-order valence-corrected chi connectivity index (χ0v) is 10.6. The first-order chi connectivity index (χ1) is 8.18. The Morgan fingerprint density at radius 3 is 3.18 bits per heavy atom. The van der Waals surface area contributed by atoms with Crippen molar-refractivity contribution in [1.29, 1.82) is 0 Å². The van der Waals surface area contributed by atoms with Gasteiger partial charge in [-0.15, -0.1) is 0 Å². The fourth-order valence-corrected chi connectivity index (χ4v) is 2.22. The molecule has 1 aliphatic heterocycles. The van der Waals surface area contributed by atoms with E-state index in [2.05, 4.69) is 22.9 Å². The molecule has 17 heavy (non-hydrogen) atoms. The first-order valence-corrected chi connectivity index (χ1v) is 6.25. The number of anilines is 1. The molecule has 1 aromatic rings. The molecule has 2 N–H and O–H groups in total. The molecule has 1 aromatic heterocycles. The monoisotopic (exact) mass is 235 g/mol. The molecule has 0 radical (unpaired) electrons. The predicted molar refractivity (Wildman–Crippen MR) is 69.1 cm³/mol. The van der Waals surface area contributed by atoms with Crippen LogP contribution >= 0.6 is 0 Å². The highest BCUT2D eigenvalue weighted by Crippen LogP contribution is 2.23. The Morgan fingerprint density at radius 2 is 2.41 bits per heavy atom. The van der Waals surface area contributed by atoms with Gasteiger partial charge in [0.05, 0.1) is 6.10 Å². The maximum absolute atomic E-state index is 6.00. The van der Waals surface area contributed by atoms with Gasteiger partial charge in [0.15, 0.2) is 0 Å². The number of rotatable bonds is 2. The van der Waals surface area contributed by atoms with Crippen LogP contribution in [-0.2, 0) is 4.74 Å². The molecule has 2 atom stereocenters. The van der Waals surface area contributed by atoms with Crippen molar-refractivity contribution in [2.75, 3.05) is 24.6 Å². The summed E-state index contributed by atoms with van der Waals surface area (Å²) in [5.41, 5.74) is 7.11. The molecule has 4 nitrogen and oxygen atoms in total. The lowest BCUT2D eigenvalue weighted by atomic mass is 10.1. The molecule has 2 rings (SSSR count). The van der Waals surface area contributed by atoms with Crippen LogP contribution in [0.2, 0.25) is 0 Å². The molecule has 1 fully saturated rings. The summed E-state index contributed by atoms with van der Waals surface area (Å²) in [7, 11) is 0. The minimum absolute atomic E-state index is 0.0122. The second kappa shape index (κ2) is 5.47. The Labute approximate surface area is 103 Å². The van der Waals surface area contributed by atoms with Gasteiger partial charge >= 0.3 is 0 Å². The molecular weight excluding hydrogens is 214 g/mol. The second-order valence-electron chi connectivity index (χ2n) is 4.69. The SMILES string of the molecule is CC1CN(c2ncccc2[C@H](C)N)CCCO1. The van der Waals surface area contributed by atoms with Gasteiger partial charge in [-0.2, -0.15) is 0 Å². The quantitative estimate of drug-likeness (QED) is 0.848. The lowest BCUT2D eigenvalue weighted by molar-refractivity contribution is 0.0820. The topological polar surface area (TPSA) is 51.4 Å². The molecule has 0 amide bonds. The van der Waals surface area contributed by atoms with Gasteiger partial charge < -0.3 is 15.4 Å². The van der Waals surface area contributed by atoms with Crippen molar-refractivity contribution in [2.24, 2.45) is 5.73 Å². The number of aromatic nitrogens is 1. The van der Waals surface area contributed by atoms with Crippen molar-refractivity contribution in [3.8, 4) is 0 Å². The van der Waals surface area contributed by atoms with E-state index in [0.29, 0.717) is 0 Å². The summed E-state index contributed by atoms with van der Waals surface area (Å²) in [5.74, 6) is 1.01. The van der Waals surface area contributed by atoms with Gasteiger partial charge in [-0.3, -0.25) is 0 Å². The molecule has 94 valence electrons. The highest BCUT2D eigenvalue weighted by atomic mass is 16.5. The van der Waals surface area contributed by atoms with Crippen LogP contribution in [0.15, 0.2) is 18.3 Å². The van der Waals surface area contributed by atoms with Crippen LogP contribution in [0.4, 0.5) is 5.82 Å². The third-order valence-corrected chi connectivity index (χ3v) is 3.06. The maximum Gasteiger partial charge on any atom is 0.133 e. The minimum atomic E-state index is 0.0122. The number of hydrogen-bond acceptors (Lipinski definition) is 4. The lowest BCUT2D eigenvalue weighted by Crippen LogP contribution is -2.32. The van der Waals surface area contributed by atoms with Gasteiger partial charge in [-0.05, 0) is 26.3 Å². The fraction of sp³-hybridized carbons (Fsp3) is 0.615. The van der Waals surface area contributed by atoms with E-state index in [0.717, 1.165) is 37.5 Å². The molecule has 0 aliphatic carbocycles. The average Bonchev–Trinajstić information content (AvgIpc) is 2.54. The third kappa shape index (κ3) is 2.96. The molecule has 1 aliphatic rings. The van der Waals surface area contributed by atoms with E-state index in [4.69, 9.17) is 10.5 Å². The minimum Gasteiger partial charge on any atom is -0.377 e. The summed E-state index contributed by atoms with van der Waals surface area (Å²) in [5, 5.41) is 0. The Hall–Kier alpha value is -1.13. The van der Waals surface area contributed by atoms with Crippen LogP contribution in [0, 0.1) is 0 Å². The fourth-order valence-electron chi connectivity index (χ4n) is 2.22. The number of nitrogens with two attached hydrogens (primary N) is 1. The zero-order valence-electron chi connectivity index (χ0n) is 10.6. The van der Waals surface area contributed by atoms with Crippen molar-refractivity contribution in [3.05, 3.63) is 23.9 Å². The van der Waals surface area contributed by atoms with Crippen molar-refractivity contribution >= 4 is 5.82 Å². The third-order valence-electron chi connectivity index (χ3n) is 3.06. The van der Waals surface area contributed by atoms with E-state index in [1.807, 2.05) is 19.2 Å². The standard InChI is InChI=1S/C13H21N3O/c1-10-9-16(7-4-8-17-10)13-12(11(2)14)5-3-6-15-13/h3,5-6,10-11H,4,7-9,14H2,1-2H3/t10?,11-/m0/s1. The van der Waals surface area contributed by atoms with Gasteiger partial charge in [0, 0.05) is 37.5 Å². The Kier molecular flexibility index (Phi) is 3.97. The Balaban J connectivity index is 2.25. The summed E-state index contributed by atoms with van der Waals surface area (Å²) in [6.07, 6.45) is 3.12. The second-order valence-corrected chi connectivity index (χ2v) is 4.69. The summed E-state index contributed by atoms with van der Waals surface area (Å²) in [4.78, 5) is 6.78. The van der Waals surface area contributed by atoms with Crippen LogP contribution in [0.25, 0.3) is 0 Å². The van der Waals surface area contributed by atoms with Crippen LogP contribution in [-0.4, -0.2) is 30.8 Å². The van der Waals surface area contributed by atoms with E-state index in [9.17, 15) is 0 Å². The number of hydrogen-bond donors (Lipinski definition) is 1. The average molecular weight is 235 g/mol. The van der Waals surface area contributed by atoms with Crippen molar-refractivity contribution in [1.82, 2.24) is 4.98 Å². The van der Waals surface area contributed by atoms with Crippen molar-refractivity contribution in [3.63, 3.8) is 0 Å². The summed E-state index contributed by atoms with van der Waals surface area (Å²) in [6.45, 7) is 6.81. The lowest BCUT2D eigenvalue weighted by Gasteiger charge is -2.26. The van der Waals surface area contributed by atoms with Gasteiger partial charge in [0.25, 0.3) is 0 Å². The molecule has 2 heterocycles.